The molecule has 1 saturated heterocycles. The van der Waals surface area contributed by atoms with E-state index in [1.54, 1.807) is 27.3 Å². The molecule has 0 radical (unpaired) electrons. The summed E-state index contributed by atoms with van der Waals surface area (Å²) in [6, 6.07) is 9.95. The van der Waals surface area contributed by atoms with Gasteiger partial charge in [-0.15, -0.1) is 0 Å². The zero-order valence-electron chi connectivity index (χ0n) is 15.5. The molecule has 1 fully saturated rings. The molecule has 2 heterocycles. The van der Waals surface area contributed by atoms with E-state index in [-0.39, 0.29) is 5.78 Å². The first-order chi connectivity index (χ1) is 12.6. The van der Waals surface area contributed by atoms with Gasteiger partial charge in [-0.1, -0.05) is 0 Å². The van der Waals surface area contributed by atoms with Gasteiger partial charge in [0.05, 0.1) is 14.2 Å². The topological polar surface area (TPSA) is 63.7 Å². The molecule has 1 aromatic heterocycles. The predicted molar refractivity (Wildman–Crippen MR) is 103 cm³/mol. The van der Waals surface area contributed by atoms with Crippen molar-refractivity contribution in [1.82, 2.24) is 4.98 Å². The third-order valence-corrected chi connectivity index (χ3v) is 4.65. The maximum atomic E-state index is 11.4. The van der Waals surface area contributed by atoms with Crippen LogP contribution in [0.2, 0.25) is 0 Å². The monoisotopic (exact) mass is 355 g/mol. The Kier molecular flexibility index (Phi) is 5.61. The summed E-state index contributed by atoms with van der Waals surface area (Å²) < 4.78 is 10.7. The van der Waals surface area contributed by atoms with E-state index in [2.05, 4.69) is 15.2 Å². The van der Waals surface area contributed by atoms with Crippen LogP contribution in [0.25, 0.3) is 0 Å². The predicted octanol–water partition coefficient (Wildman–Crippen LogP) is 3.38. The van der Waals surface area contributed by atoms with E-state index in [1.807, 2.05) is 30.3 Å². The number of nitrogens with one attached hydrogen (secondary N) is 1. The molecule has 3 rings (SSSR count). The highest BCUT2D eigenvalue weighted by molar-refractivity contribution is 5.93. The molecule has 6 heteroatoms. The van der Waals surface area contributed by atoms with Gasteiger partial charge in [0.15, 0.2) is 17.3 Å². The summed E-state index contributed by atoms with van der Waals surface area (Å²) in [6.07, 6.45) is 3.83. The van der Waals surface area contributed by atoms with E-state index in [1.165, 1.54) is 0 Å². The van der Waals surface area contributed by atoms with E-state index in [4.69, 9.17) is 9.47 Å². The van der Waals surface area contributed by atoms with Crippen LogP contribution in [-0.2, 0) is 0 Å². The van der Waals surface area contributed by atoms with Gasteiger partial charge in [-0.2, -0.15) is 0 Å². The van der Waals surface area contributed by atoms with Crippen molar-refractivity contribution in [3.8, 4) is 11.5 Å². The number of aromatic nitrogens is 1. The molecule has 2 aromatic rings. The maximum absolute atomic E-state index is 11.4. The summed E-state index contributed by atoms with van der Waals surface area (Å²) in [5, 5.41) is 3.58. The highest BCUT2D eigenvalue weighted by atomic mass is 16.5. The molecule has 0 unspecified atom stereocenters. The summed E-state index contributed by atoms with van der Waals surface area (Å²) in [5.41, 5.74) is 1.65. The van der Waals surface area contributed by atoms with Gasteiger partial charge in [0, 0.05) is 42.6 Å². The Labute approximate surface area is 154 Å². The first kappa shape index (κ1) is 18.0. The van der Waals surface area contributed by atoms with Crippen LogP contribution >= 0.6 is 0 Å². The second kappa shape index (κ2) is 8.08. The number of pyridine rings is 1. The van der Waals surface area contributed by atoms with Gasteiger partial charge >= 0.3 is 0 Å². The smallest absolute Gasteiger partial charge is 0.162 e. The lowest BCUT2D eigenvalue weighted by Gasteiger charge is -2.34. The van der Waals surface area contributed by atoms with Gasteiger partial charge in [0.2, 0.25) is 0 Å². The Hall–Kier alpha value is -2.76. The minimum Gasteiger partial charge on any atom is -0.493 e. The van der Waals surface area contributed by atoms with Crippen molar-refractivity contribution in [2.75, 3.05) is 37.5 Å². The van der Waals surface area contributed by atoms with Crippen molar-refractivity contribution < 1.29 is 14.3 Å². The van der Waals surface area contributed by atoms with Crippen molar-refractivity contribution in [2.24, 2.45) is 0 Å². The van der Waals surface area contributed by atoms with Crippen LogP contribution in [0.15, 0.2) is 36.5 Å². The summed E-state index contributed by atoms with van der Waals surface area (Å²) in [7, 11) is 3.27. The lowest BCUT2D eigenvalue weighted by atomic mass is 10.0. The molecule has 1 N–H and O–H groups in total. The lowest BCUT2D eigenvalue weighted by molar-refractivity contribution is 0.101. The second-order valence-corrected chi connectivity index (χ2v) is 6.46. The summed E-state index contributed by atoms with van der Waals surface area (Å²) >= 11 is 0. The van der Waals surface area contributed by atoms with E-state index in [0.717, 1.165) is 43.2 Å². The van der Waals surface area contributed by atoms with Crippen molar-refractivity contribution in [3.05, 3.63) is 42.1 Å². The number of ether oxygens (including phenoxy) is 2. The first-order valence-electron chi connectivity index (χ1n) is 8.81. The van der Waals surface area contributed by atoms with E-state index in [9.17, 15) is 4.79 Å². The minimum absolute atomic E-state index is 0.0377. The second-order valence-electron chi connectivity index (χ2n) is 6.46. The molecule has 1 aliphatic rings. The molecule has 6 nitrogen and oxygen atoms in total. The van der Waals surface area contributed by atoms with Crippen molar-refractivity contribution in [2.45, 2.75) is 25.8 Å². The fourth-order valence-corrected chi connectivity index (χ4v) is 3.25. The van der Waals surface area contributed by atoms with Gasteiger partial charge in [0.1, 0.15) is 5.82 Å². The van der Waals surface area contributed by atoms with E-state index >= 15 is 0 Å². The average Bonchev–Trinajstić information content (AvgIpc) is 2.68. The largest absolute Gasteiger partial charge is 0.493 e. The molecule has 26 heavy (non-hydrogen) atoms. The highest BCUT2D eigenvalue weighted by Gasteiger charge is 2.21. The van der Waals surface area contributed by atoms with Crippen LogP contribution in [-0.4, -0.2) is 44.1 Å². The van der Waals surface area contributed by atoms with Crippen molar-refractivity contribution in [3.63, 3.8) is 0 Å². The molecule has 0 spiro atoms. The number of ketones is 1. The first-order valence-corrected chi connectivity index (χ1v) is 8.81. The number of nitrogens with zero attached hydrogens (tertiary/aromatic N) is 2. The standard InChI is InChI=1S/C20H25N3O3/c1-14(24)15-6-9-20(21-12-15)23-10-4-5-17(13-23)22-16-7-8-18(25-2)19(11-16)26-3/h6-9,11-12,17,22H,4-5,10,13H2,1-3H3/t17-/m0/s1. The average molecular weight is 355 g/mol. The number of carbonyl (C=O) groups is 1. The quantitative estimate of drug-likeness (QED) is 0.802. The highest BCUT2D eigenvalue weighted by Crippen LogP contribution is 2.30. The molecule has 0 bridgehead atoms. The third-order valence-electron chi connectivity index (χ3n) is 4.65. The molecule has 0 amide bonds. The fourth-order valence-electron chi connectivity index (χ4n) is 3.25. The summed E-state index contributed by atoms with van der Waals surface area (Å²) in [6.45, 7) is 3.39. The number of hydrogen-bond donors (Lipinski definition) is 1. The summed E-state index contributed by atoms with van der Waals surface area (Å²) in [4.78, 5) is 18.1. The van der Waals surface area contributed by atoms with Crippen LogP contribution in [0.5, 0.6) is 11.5 Å². The molecule has 1 aliphatic heterocycles. The van der Waals surface area contributed by atoms with Crippen LogP contribution in [0.1, 0.15) is 30.1 Å². The van der Waals surface area contributed by atoms with Gasteiger partial charge in [0.25, 0.3) is 0 Å². The number of carbonyl (C=O) groups excluding carboxylic acids is 1. The Balaban J connectivity index is 1.67. The van der Waals surface area contributed by atoms with Gasteiger partial charge < -0.3 is 19.7 Å². The number of anilines is 2. The number of hydrogen-bond acceptors (Lipinski definition) is 6. The molecule has 138 valence electrons. The lowest BCUT2D eigenvalue weighted by Crippen LogP contribution is -2.42. The number of rotatable bonds is 6. The number of Topliss-reactive ketones (excluding diaryl/α,β-unsaturated/α-hetero) is 1. The molecule has 0 aliphatic carbocycles. The van der Waals surface area contributed by atoms with Crippen LogP contribution < -0.4 is 19.7 Å². The Morgan fingerprint density at radius 3 is 2.65 bits per heavy atom. The van der Waals surface area contributed by atoms with Crippen molar-refractivity contribution >= 4 is 17.3 Å². The zero-order chi connectivity index (χ0) is 18.5. The molecular formula is C20H25N3O3. The SMILES string of the molecule is COc1ccc(N[C@H]2CCCN(c3ccc(C(C)=O)cn3)C2)cc1OC. The maximum Gasteiger partial charge on any atom is 0.162 e. The van der Waals surface area contributed by atoms with Gasteiger partial charge in [-0.05, 0) is 44.0 Å². The zero-order valence-corrected chi connectivity index (χ0v) is 15.5. The number of benzene rings is 1. The number of piperidine rings is 1. The third kappa shape index (κ3) is 4.07. The van der Waals surface area contributed by atoms with Crippen LogP contribution in [0.4, 0.5) is 11.5 Å². The van der Waals surface area contributed by atoms with Crippen LogP contribution in [0, 0.1) is 0 Å². The fraction of sp³-hybridized carbons (Fsp3) is 0.400. The van der Waals surface area contributed by atoms with Crippen LogP contribution in [0.3, 0.4) is 0 Å². The van der Waals surface area contributed by atoms with Gasteiger partial charge in [-0.3, -0.25) is 4.79 Å². The van der Waals surface area contributed by atoms with Crippen molar-refractivity contribution in [1.29, 1.82) is 0 Å². The minimum atomic E-state index is 0.0377. The van der Waals surface area contributed by atoms with E-state index in [0.29, 0.717) is 17.4 Å². The normalized spacial score (nSPS) is 16.9. The van der Waals surface area contributed by atoms with Gasteiger partial charge in [-0.25, -0.2) is 4.98 Å². The molecule has 1 atom stereocenters. The molecule has 1 aromatic carbocycles. The molecular weight excluding hydrogens is 330 g/mol. The Morgan fingerprint density at radius 2 is 2.00 bits per heavy atom. The van der Waals surface area contributed by atoms with E-state index < -0.39 is 0 Å². The summed E-state index contributed by atoms with van der Waals surface area (Å²) in [5.74, 6) is 2.38. The molecule has 0 saturated carbocycles. The number of methoxy groups -OCH3 is 2. The Bertz CT molecular complexity index is 761. The Morgan fingerprint density at radius 1 is 1.19 bits per heavy atom.